The average molecular weight is 309 g/mol. The molecule has 0 atom stereocenters. The number of methoxy groups -OCH3 is 1. The highest BCUT2D eigenvalue weighted by molar-refractivity contribution is 7.09. The van der Waals surface area contributed by atoms with Crippen molar-refractivity contribution in [1.82, 2.24) is 9.36 Å². The molecule has 0 bridgehead atoms. The third-order valence-corrected chi connectivity index (χ3v) is 3.62. The van der Waals surface area contributed by atoms with Crippen molar-refractivity contribution in [3.05, 3.63) is 41.0 Å². The van der Waals surface area contributed by atoms with E-state index in [1.54, 1.807) is 19.2 Å². The first-order valence-corrected chi connectivity index (χ1v) is 7.52. The summed E-state index contributed by atoms with van der Waals surface area (Å²) in [5.74, 6) is 0.584. The molecule has 6 heteroatoms. The van der Waals surface area contributed by atoms with E-state index in [0.29, 0.717) is 12.1 Å². The highest BCUT2D eigenvalue weighted by atomic mass is 32.1. The van der Waals surface area contributed by atoms with Crippen LogP contribution < -0.4 is 5.32 Å². The third-order valence-electron chi connectivity index (χ3n) is 2.95. The fraction of sp³-hybridized carbons (Fsp3) is 0.467. The van der Waals surface area contributed by atoms with Gasteiger partial charge >= 0.3 is 0 Å². The van der Waals surface area contributed by atoms with Gasteiger partial charge in [-0.3, -0.25) is 0 Å². The Morgan fingerprint density at radius 1 is 1.33 bits per heavy atom. The van der Waals surface area contributed by atoms with E-state index in [2.05, 4.69) is 35.4 Å². The number of anilines is 1. The molecule has 0 radical (unpaired) electrons. The van der Waals surface area contributed by atoms with E-state index in [-0.39, 0.29) is 17.8 Å². The molecule has 2 aromatic rings. The summed E-state index contributed by atoms with van der Waals surface area (Å²) in [4.78, 5) is 4.47. The zero-order valence-corrected chi connectivity index (χ0v) is 13.6. The lowest BCUT2D eigenvalue weighted by atomic mass is 9.96. The quantitative estimate of drug-likeness (QED) is 0.914. The van der Waals surface area contributed by atoms with Crippen molar-refractivity contribution in [2.75, 3.05) is 12.4 Å². The fourth-order valence-corrected chi connectivity index (χ4v) is 2.53. The number of ether oxygens (including phenoxy) is 1. The molecule has 4 nitrogen and oxygen atoms in total. The predicted octanol–water partition coefficient (Wildman–Crippen LogP) is 3.73. The first-order chi connectivity index (χ1) is 9.90. The summed E-state index contributed by atoms with van der Waals surface area (Å²) in [6.45, 7) is 7.09. The summed E-state index contributed by atoms with van der Waals surface area (Å²) >= 11 is 1.34. The molecule has 1 heterocycles. The lowest BCUT2D eigenvalue weighted by Crippen LogP contribution is -2.13. The minimum absolute atomic E-state index is 0.0576. The van der Waals surface area contributed by atoms with Crippen LogP contribution in [0.4, 0.5) is 9.52 Å². The summed E-state index contributed by atoms with van der Waals surface area (Å²) in [5, 5.41) is 4.00. The summed E-state index contributed by atoms with van der Waals surface area (Å²) < 4.78 is 22.9. The number of nitrogens with one attached hydrogen (secondary N) is 1. The molecule has 21 heavy (non-hydrogen) atoms. The van der Waals surface area contributed by atoms with Crippen LogP contribution >= 0.6 is 11.5 Å². The molecular weight excluding hydrogens is 289 g/mol. The largest absolute Gasteiger partial charge is 0.380 e. The van der Waals surface area contributed by atoms with E-state index in [9.17, 15) is 4.39 Å². The van der Waals surface area contributed by atoms with Crippen LogP contribution in [0.2, 0.25) is 0 Å². The van der Waals surface area contributed by atoms with Crippen LogP contribution in [0.3, 0.4) is 0 Å². The molecule has 0 aliphatic carbocycles. The second-order valence-corrected chi connectivity index (χ2v) is 6.64. The van der Waals surface area contributed by atoms with Crippen molar-refractivity contribution in [3.8, 4) is 0 Å². The third kappa shape index (κ3) is 4.22. The number of benzene rings is 1. The van der Waals surface area contributed by atoms with Gasteiger partial charge in [-0.15, -0.1) is 0 Å². The maximum absolute atomic E-state index is 13.5. The van der Waals surface area contributed by atoms with E-state index < -0.39 is 0 Å². The Morgan fingerprint density at radius 2 is 2.10 bits per heavy atom. The Kier molecular flexibility index (Phi) is 4.90. The van der Waals surface area contributed by atoms with Gasteiger partial charge in [-0.2, -0.15) is 4.37 Å². The van der Waals surface area contributed by atoms with Gasteiger partial charge in [0.15, 0.2) is 0 Å². The van der Waals surface area contributed by atoms with E-state index in [1.165, 1.54) is 17.6 Å². The molecule has 0 saturated carbocycles. The van der Waals surface area contributed by atoms with Crippen molar-refractivity contribution < 1.29 is 9.13 Å². The van der Waals surface area contributed by atoms with Gasteiger partial charge in [0.25, 0.3) is 0 Å². The van der Waals surface area contributed by atoms with Crippen molar-refractivity contribution in [2.24, 2.45) is 0 Å². The smallest absolute Gasteiger partial charge is 0.202 e. The number of hydrogen-bond acceptors (Lipinski definition) is 5. The van der Waals surface area contributed by atoms with Gasteiger partial charge in [-0.1, -0.05) is 26.8 Å². The molecule has 1 N–H and O–H groups in total. The van der Waals surface area contributed by atoms with E-state index >= 15 is 0 Å². The van der Waals surface area contributed by atoms with Crippen LogP contribution in [0.15, 0.2) is 18.2 Å². The SMILES string of the molecule is COCc1cc(CNc2nc(C(C)(C)C)ns2)ccc1F. The first kappa shape index (κ1) is 15.9. The lowest BCUT2D eigenvalue weighted by Gasteiger charge is -2.12. The van der Waals surface area contributed by atoms with Gasteiger partial charge in [0, 0.05) is 36.2 Å². The summed E-state index contributed by atoms with van der Waals surface area (Å²) in [7, 11) is 1.56. The molecule has 0 aliphatic heterocycles. The highest BCUT2D eigenvalue weighted by Gasteiger charge is 2.19. The van der Waals surface area contributed by atoms with E-state index in [1.807, 2.05) is 0 Å². The van der Waals surface area contributed by atoms with Gasteiger partial charge in [0.2, 0.25) is 5.13 Å². The molecule has 0 spiro atoms. The molecule has 0 unspecified atom stereocenters. The van der Waals surface area contributed by atoms with Crippen molar-refractivity contribution in [3.63, 3.8) is 0 Å². The Labute approximate surface area is 128 Å². The van der Waals surface area contributed by atoms with Crippen molar-refractivity contribution in [1.29, 1.82) is 0 Å². The van der Waals surface area contributed by atoms with Gasteiger partial charge in [0.1, 0.15) is 11.6 Å². The maximum Gasteiger partial charge on any atom is 0.202 e. The van der Waals surface area contributed by atoms with Crippen LogP contribution in [0.25, 0.3) is 0 Å². The standard InChI is InChI=1S/C15H20FN3OS/c1-15(2,3)13-18-14(21-19-13)17-8-10-5-6-12(16)11(7-10)9-20-4/h5-7H,8-9H2,1-4H3,(H,17,18,19). The normalized spacial score (nSPS) is 11.7. The summed E-state index contributed by atoms with van der Waals surface area (Å²) in [6.07, 6.45) is 0. The molecule has 0 fully saturated rings. The molecule has 1 aromatic heterocycles. The van der Waals surface area contributed by atoms with E-state index in [4.69, 9.17) is 4.74 Å². The van der Waals surface area contributed by atoms with Gasteiger partial charge < -0.3 is 10.1 Å². The predicted molar refractivity (Wildman–Crippen MR) is 83.0 cm³/mol. The molecule has 0 amide bonds. The van der Waals surface area contributed by atoms with Crippen LogP contribution in [0.5, 0.6) is 0 Å². The minimum atomic E-state index is -0.244. The lowest BCUT2D eigenvalue weighted by molar-refractivity contribution is 0.181. The van der Waals surface area contributed by atoms with Crippen LogP contribution in [-0.4, -0.2) is 16.5 Å². The number of nitrogens with zero attached hydrogens (tertiary/aromatic N) is 2. The Bertz CT molecular complexity index is 607. The topological polar surface area (TPSA) is 47.0 Å². The average Bonchev–Trinajstić information content (AvgIpc) is 2.89. The van der Waals surface area contributed by atoms with Crippen LogP contribution in [0.1, 0.15) is 37.7 Å². The summed E-state index contributed by atoms with van der Waals surface area (Å²) in [5.41, 5.74) is 1.48. The Hall–Kier alpha value is -1.53. The van der Waals surface area contributed by atoms with Gasteiger partial charge in [-0.05, 0) is 17.7 Å². The Balaban J connectivity index is 2.03. The highest BCUT2D eigenvalue weighted by Crippen LogP contribution is 2.23. The van der Waals surface area contributed by atoms with Crippen molar-refractivity contribution in [2.45, 2.75) is 39.3 Å². The molecular formula is C15H20FN3OS. The van der Waals surface area contributed by atoms with Gasteiger partial charge in [-0.25, -0.2) is 9.37 Å². The van der Waals surface area contributed by atoms with Crippen molar-refractivity contribution >= 4 is 16.7 Å². The second kappa shape index (κ2) is 6.49. The maximum atomic E-state index is 13.5. The molecule has 2 rings (SSSR count). The number of aromatic nitrogens is 2. The van der Waals surface area contributed by atoms with Crippen LogP contribution in [-0.2, 0) is 23.3 Å². The molecule has 0 saturated heterocycles. The Morgan fingerprint density at radius 3 is 2.71 bits per heavy atom. The molecule has 114 valence electrons. The second-order valence-electron chi connectivity index (χ2n) is 5.89. The first-order valence-electron chi connectivity index (χ1n) is 6.74. The fourth-order valence-electron chi connectivity index (χ4n) is 1.78. The molecule has 1 aromatic carbocycles. The number of hydrogen-bond donors (Lipinski definition) is 1. The minimum Gasteiger partial charge on any atom is -0.380 e. The number of halogens is 1. The van der Waals surface area contributed by atoms with Crippen LogP contribution in [0, 0.1) is 5.82 Å². The van der Waals surface area contributed by atoms with Gasteiger partial charge in [0.05, 0.1) is 6.61 Å². The number of rotatable bonds is 5. The monoisotopic (exact) mass is 309 g/mol. The zero-order valence-electron chi connectivity index (χ0n) is 12.7. The summed E-state index contributed by atoms with van der Waals surface area (Å²) in [6, 6.07) is 5.02. The van der Waals surface area contributed by atoms with E-state index in [0.717, 1.165) is 16.5 Å². The molecule has 0 aliphatic rings. The zero-order chi connectivity index (χ0) is 15.5.